The second-order valence-corrected chi connectivity index (χ2v) is 3.99. The normalized spacial score (nSPS) is 31.9. The van der Waals surface area contributed by atoms with Gasteiger partial charge in [-0.3, -0.25) is 4.99 Å². The van der Waals surface area contributed by atoms with Crippen LogP contribution in [-0.2, 0) is 4.74 Å². The Morgan fingerprint density at radius 2 is 2.47 bits per heavy atom. The Bertz CT molecular complexity index is 233. The van der Waals surface area contributed by atoms with E-state index in [2.05, 4.69) is 17.2 Å². The first kappa shape index (κ1) is 12.3. The summed E-state index contributed by atoms with van der Waals surface area (Å²) in [6.45, 7) is 5.62. The van der Waals surface area contributed by atoms with Crippen LogP contribution >= 0.6 is 0 Å². The van der Waals surface area contributed by atoms with Gasteiger partial charge < -0.3 is 20.9 Å². The van der Waals surface area contributed by atoms with Crippen LogP contribution in [0.15, 0.2) is 4.99 Å². The Morgan fingerprint density at radius 3 is 3.00 bits per heavy atom. The highest BCUT2D eigenvalue weighted by molar-refractivity contribution is 5.77. The molecule has 5 heteroatoms. The van der Waals surface area contributed by atoms with Crippen LogP contribution in [0.3, 0.4) is 0 Å². The number of aliphatic hydroxyl groups is 1. The van der Waals surface area contributed by atoms with Crippen molar-refractivity contribution in [2.75, 3.05) is 19.7 Å². The summed E-state index contributed by atoms with van der Waals surface area (Å²) in [7, 11) is 0. The molecule has 0 saturated carbocycles. The topological polar surface area (TPSA) is 79.9 Å². The van der Waals surface area contributed by atoms with Crippen LogP contribution in [0.1, 0.15) is 26.7 Å². The van der Waals surface area contributed by atoms with E-state index in [0.29, 0.717) is 25.5 Å². The molecule has 0 aromatic heterocycles. The molecular weight excluding hydrogens is 194 g/mol. The van der Waals surface area contributed by atoms with Crippen LogP contribution in [0.25, 0.3) is 0 Å². The number of aliphatic imine (C=N–C) groups is 1. The second kappa shape index (κ2) is 5.32. The lowest BCUT2D eigenvalue weighted by atomic mass is 9.97. The Balaban J connectivity index is 2.40. The zero-order chi connectivity index (χ0) is 11.3. The number of nitrogens with zero attached hydrogens (tertiary/aromatic N) is 1. The van der Waals surface area contributed by atoms with E-state index in [0.717, 1.165) is 13.0 Å². The fraction of sp³-hybridized carbons (Fsp3) is 0.900. The van der Waals surface area contributed by atoms with Crippen molar-refractivity contribution in [3.05, 3.63) is 0 Å². The average Bonchev–Trinajstić information content (AvgIpc) is 2.54. The van der Waals surface area contributed by atoms with Gasteiger partial charge in [0.1, 0.15) is 5.60 Å². The molecule has 0 radical (unpaired) electrons. The van der Waals surface area contributed by atoms with Crippen molar-refractivity contribution in [3.8, 4) is 0 Å². The highest BCUT2D eigenvalue weighted by Crippen LogP contribution is 2.25. The third kappa shape index (κ3) is 3.35. The number of nitrogens with one attached hydrogen (secondary N) is 1. The molecule has 2 atom stereocenters. The van der Waals surface area contributed by atoms with E-state index in [1.165, 1.54) is 0 Å². The number of nitrogens with two attached hydrogens (primary N) is 1. The number of guanidine groups is 1. The van der Waals surface area contributed by atoms with Crippen molar-refractivity contribution in [2.24, 2.45) is 10.7 Å². The molecule has 5 nitrogen and oxygen atoms in total. The van der Waals surface area contributed by atoms with Gasteiger partial charge in [0.05, 0.1) is 12.6 Å². The molecule has 1 saturated heterocycles. The van der Waals surface area contributed by atoms with Gasteiger partial charge in [-0.1, -0.05) is 6.92 Å². The Hall–Kier alpha value is -0.810. The molecule has 0 aliphatic carbocycles. The SMILES string of the molecule is CCCNC(N)=NCC1(O)CCOC1C. The second-order valence-electron chi connectivity index (χ2n) is 3.99. The molecule has 0 spiro atoms. The number of ether oxygens (including phenoxy) is 1. The maximum absolute atomic E-state index is 10.1. The third-order valence-corrected chi connectivity index (χ3v) is 2.74. The molecule has 15 heavy (non-hydrogen) atoms. The number of hydrogen-bond donors (Lipinski definition) is 3. The average molecular weight is 215 g/mol. The van der Waals surface area contributed by atoms with E-state index in [1.807, 2.05) is 6.92 Å². The monoisotopic (exact) mass is 215 g/mol. The third-order valence-electron chi connectivity index (χ3n) is 2.74. The maximum atomic E-state index is 10.1. The zero-order valence-electron chi connectivity index (χ0n) is 9.49. The summed E-state index contributed by atoms with van der Waals surface area (Å²) < 4.78 is 5.30. The highest BCUT2D eigenvalue weighted by atomic mass is 16.5. The predicted molar refractivity (Wildman–Crippen MR) is 59.8 cm³/mol. The van der Waals surface area contributed by atoms with E-state index >= 15 is 0 Å². The predicted octanol–water partition coefficient (Wildman–Crippen LogP) is -0.159. The minimum absolute atomic E-state index is 0.166. The molecule has 1 aliphatic rings. The van der Waals surface area contributed by atoms with E-state index in [1.54, 1.807) is 0 Å². The van der Waals surface area contributed by atoms with E-state index in [-0.39, 0.29) is 6.10 Å². The zero-order valence-corrected chi connectivity index (χ0v) is 9.49. The summed E-state index contributed by atoms with van der Waals surface area (Å²) in [6.07, 6.45) is 1.46. The quantitative estimate of drug-likeness (QED) is 0.450. The fourth-order valence-electron chi connectivity index (χ4n) is 1.51. The molecule has 1 aliphatic heterocycles. The van der Waals surface area contributed by atoms with Crippen molar-refractivity contribution in [3.63, 3.8) is 0 Å². The minimum Gasteiger partial charge on any atom is -0.385 e. The van der Waals surface area contributed by atoms with Crippen LogP contribution < -0.4 is 11.1 Å². The molecular formula is C10H21N3O2. The Kier molecular flexibility index (Phi) is 4.35. The van der Waals surface area contributed by atoms with Crippen LogP contribution in [0.2, 0.25) is 0 Å². The summed E-state index contributed by atoms with van der Waals surface area (Å²) in [5.41, 5.74) is 4.78. The van der Waals surface area contributed by atoms with E-state index in [9.17, 15) is 5.11 Å². The van der Waals surface area contributed by atoms with Crippen molar-refractivity contribution in [1.82, 2.24) is 5.32 Å². The van der Waals surface area contributed by atoms with Gasteiger partial charge >= 0.3 is 0 Å². The van der Waals surface area contributed by atoms with Crippen molar-refractivity contribution in [2.45, 2.75) is 38.4 Å². The Morgan fingerprint density at radius 1 is 1.73 bits per heavy atom. The van der Waals surface area contributed by atoms with Gasteiger partial charge in [-0.25, -0.2) is 0 Å². The van der Waals surface area contributed by atoms with Gasteiger partial charge in [0, 0.05) is 19.6 Å². The molecule has 2 unspecified atom stereocenters. The van der Waals surface area contributed by atoms with Crippen molar-refractivity contribution in [1.29, 1.82) is 0 Å². The first-order valence-electron chi connectivity index (χ1n) is 5.46. The van der Waals surface area contributed by atoms with Gasteiger partial charge in [-0.2, -0.15) is 0 Å². The number of rotatable bonds is 4. The molecule has 88 valence electrons. The maximum Gasteiger partial charge on any atom is 0.188 e. The van der Waals surface area contributed by atoms with Gasteiger partial charge in [0.15, 0.2) is 5.96 Å². The van der Waals surface area contributed by atoms with Crippen LogP contribution in [-0.4, -0.2) is 42.5 Å². The lowest BCUT2D eigenvalue weighted by molar-refractivity contribution is -0.0201. The molecule has 4 N–H and O–H groups in total. The lowest BCUT2D eigenvalue weighted by Crippen LogP contribution is -2.41. The van der Waals surface area contributed by atoms with Crippen LogP contribution in [0, 0.1) is 0 Å². The first-order valence-corrected chi connectivity index (χ1v) is 5.46. The molecule has 0 aromatic carbocycles. The summed E-state index contributed by atoms with van der Waals surface area (Å²) in [5, 5.41) is 13.1. The summed E-state index contributed by atoms with van der Waals surface area (Å²) in [5.74, 6) is 0.393. The standard InChI is InChI=1S/C10H21N3O2/c1-3-5-12-9(11)13-7-10(14)4-6-15-8(10)2/h8,14H,3-7H2,1-2H3,(H3,11,12,13). The molecule has 1 heterocycles. The van der Waals surface area contributed by atoms with Crippen molar-refractivity contribution >= 4 is 5.96 Å². The van der Waals surface area contributed by atoms with Gasteiger partial charge in [-0.15, -0.1) is 0 Å². The van der Waals surface area contributed by atoms with Gasteiger partial charge in [-0.05, 0) is 13.3 Å². The smallest absolute Gasteiger partial charge is 0.188 e. The molecule has 0 aromatic rings. The summed E-state index contributed by atoms with van der Waals surface area (Å²) >= 11 is 0. The van der Waals surface area contributed by atoms with Crippen molar-refractivity contribution < 1.29 is 9.84 Å². The molecule has 0 bridgehead atoms. The molecule has 1 fully saturated rings. The fourth-order valence-corrected chi connectivity index (χ4v) is 1.51. The van der Waals surface area contributed by atoms with E-state index in [4.69, 9.17) is 10.5 Å². The largest absolute Gasteiger partial charge is 0.385 e. The van der Waals surface area contributed by atoms with Crippen LogP contribution in [0.5, 0.6) is 0 Å². The minimum atomic E-state index is -0.849. The Labute approximate surface area is 90.7 Å². The highest BCUT2D eigenvalue weighted by Gasteiger charge is 2.39. The van der Waals surface area contributed by atoms with Gasteiger partial charge in [0.2, 0.25) is 0 Å². The number of hydrogen-bond acceptors (Lipinski definition) is 3. The lowest BCUT2D eigenvalue weighted by Gasteiger charge is -2.23. The van der Waals surface area contributed by atoms with E-state index < -0.39 is 5.60 Å². The molecule has 0 amide bonds. The molecule has 1 rings (SSSR count). The van der Waals surface area contributed by atoms with Gasteiger partial charge in [0.25, 0.3) is 0 Å². The first-order chi connectivity index (χ1) is 7.08. The van der Waals surface area contributed by atoms with Crippen LogP contribution in [0.4, 0.5) is 0 Å². The summed E-state index contributed by atoms with van der Waals surface area (Å²) in [4.78, 5) is 4.12. The summed E-state index contributed by atoms with van der Waals surface area (Å²) in [6, 6.07) is 0.